The van der Waals surface area contributed by atoms with Gasteiger partial charge < -0.3 is 5.32 Å². The van der Waals surface area contributed by atoms with Gasteiger partial charge in [-0.1, -0.05) is 43.9 Å². The number of carbonyl (C=O) groups excluding carboxylic acids is 1. The molecule has 2 rings (SSSR count). The fraction of sp³-hybridized carbons (Fsp3) is 0.562. The molecule has 0 bridgehead atoms. The van der Waals surface area contributed by atoms with Crippen LogP contribution in [0.2, 0.25) is 0 Å². The zero-order valence-electron chi connectivity index (χ0n) is 11.8. The van der Waals surface area contributed by atoms with E-state index in [0.717, 1.165) is 5.69 Å². The summed E-state index contributed by atoms with van der Waals surface area (Å²) >= 11 is 0. The lowest BCUT2D eigenvalue weighted by molar-refractivity contribution is -0.117. The lowest BCUT2D eigenvalue weighted by Gasteiger charge is -2.26. The molecule has 0 radical (unpaired) electrons. The SMILES string of the molecule is CN(CC(=O)Nc1ccccc1)C1CCCCCC1. The fourth-order valence-electron chi connectivity index (χ4n) is 2.78. The van der Waals surface area contributed by atoms with Crippen LogP contribution in [0.4, 0.5) is 5.69 Å². The summed E-state index contributed by atoms with van der Waals surface area (Å²) in [6.07, 6.45) is 7.76. The first-order valence-electron chi connectivity index (χ1n) is 7.31. The molecule has 1 N–H and O–H groups in total. The van der Waals surface area contributed by atoms with Gasteiger partial charge in [-0.15, -0.1) is 0 Å². The number of nitrogens with zero attached hydrogens (tertiary/aromatic N) is 1. The van der Waals surface area contributed by atoms with Crippen molar-refractivity contribution in [2.24, 2.45) is 0 Å². The van der Waals surface area contributed by atoms with Crippen LogP contribution < -0.4 is 5.32 Å². The van der Waals surface area contributed by atoms with E-state index in [1.807, 2.05) is 30.3 Å². The first kappa shape index (κ1) is 14.1. The topological polar surface area (TPSA) is 32.3 Å². The Hall–Kier alpha value is -1.35. The molecule has 0 aliphatic heterocycles. The van der Waals surface area contributed by atoms with Crippen LogP contribution in [0.5, 0.6) is 0 Å². The zero-order chi connectivity index (χ0) is 13.5. The average Bonchev–Trinajstić information content (AvgIpc) is 2.68. The van der Waals surface area contributed by atoms with E-state index in [4.69, 9.17) is 0 Å². The molecule has 3 heteroatoms. The molecule has 1 saturated carbocycles. The van der Waals surface area contributed by atoms with Crippen LogP contribution in [0.25, 0.3) is 0 Å². The minimum atomic E-state index is 0.0814. The number of likely N-dealkylation sites (N-methyl/N-ethyl adjacent to an activating group) is 1. The molecule has 0 spiro atoms. The molecule has 104 valence electrons. The van der Waals surface area contributed by atoms with Crippen molar-refractivity contribution in [3.63, 3.8) is 0 Å². The molecule has 1 amide bonds. The van der Waals surface area contributed by atoms with Crippen molar-refractivity contribution in [2.75, 3.05) is 18.9 Å². The molecule has 1 aliphatic carbocycles. The Kier molecular flexibility index (Phi) is 5.40. The number of amides is 1. The van der Waals surface area contributed by atoms with Gasteiger partial charge in [-0.05, 0) is 32.0 Å². The molecule has 19 heavy (non-hydrogen) atoms. The van der Waals surface area contributed by atoms with Gasteiger partial charge in [-0.25, -0.2) is 0 Å². The van der Waals surface area contributed by atoms with Crippen molar-refractivity contribution in [2.45, 2.75) is 44.6 Å². The Morgan fingerprint density at radius 3 is 2.42 bits per heavy atom. The summed E-state index contributed by atoms with van der Waals surface area (Å²) in [5.41, 5.74) is 0.877. The van der Waals surface area contributed by atoms with Crippen LogP contribution in [-0.4, -0.2) is 30.4 Å². The Morgan fingerprint density at radius 1 is 1.16 bits per heavy atom. The molecule has 1 aromatic carbocycles. The monoisotopic (exact) mass is 260 g/mol. The summed E-state index contributed by atoms with van der Waals surface area (Å²) in [6.45, 7) is 0.486. The number of hydrogen-bond donors (Lipinski definition) is 1. The summed E-state index contributed by atoms with van der Waals surface area (Å²) in [4.78, 5) is 14.2. The summed E-state index contributed by atoms with van der Waals surface area (Å²) in [6, 6.07) is 10.2. The maximum atomic E-state index is 12.0. The van der Waals surface area contributed by atoms with Gasteiger partial charge in [0.2, 0.25) is 5.91 Å². The van der Waals surface area contributed by atoms with Gasteiger partial charge in [0.1, 0.15) is 0 Å². The Bertz CT molecular complexity index is 383. The fourth-order valence-corrected chi connectivity index (χ4v) is 2.78. The van der Waals surface area contributed by atoms with Gasteiger partial charge >= 0.3 is 0 Å². The summed E-state index contributed by atoms with van der Waals surface area (Å²) in [5, 5.41) is 2.95. The number of benzene rings is 1. The minimum Gasteiger partial charge on any atom is -0.325 e. The highest BCUT2D eigenvalue weighted by Gasteiger charge is 2.18. The van der Waals surface area contributed by atoms with Crippen LogP contribution in [0.15, 0.2) is 30.3 Å². The molecule has 1 aliphatic rings. The van der Waals surface area contributed by atoms with E-state index in [2.05, 4.69) is 17.3 Å². The van der Waals surface area contributed by atoms with E-state index >= 15 is 0 Å². The van der Waals surface area contributed by atoms with Crippen LogP contribution in [0.1, 0.15) is 38.5 Å². The Balaban J connectivity index is 1.80. The molecule has 1 aromatic rings. The number of nitrogens with one attached hydrogen (secondary N) is 1. The normalized spacial score (nSPS) is 17.2. The maximum Gasteiger partial charge on any atom is 0.238 e. The highest BCUT2D eigenvalue weighted by molar-refractivity contribution is 5.92. The minimum absolute atomic E-state index is 0.0814. The van der Waals surface area contributed by atoms with Crippen LogP contribution in [0, 0.1) is 0 Å². The predicted octanol–water partition coefficient (Wildman–Crippen LogP) is 3.28. The second-order valence-electron chi connectivity index (χ2n) is 5.47. The van der Waals surface area contributed by atoms with E-state index in [1.54, 1.807) is 0 Å². The largest absolute Gasteiger partial charge is 0.325 e. The van der Waals surface area contributed by atoms with Gasteiger partial charge in [0.15, 0.2) is 0 Å². The lowest BCUT2D eigenvalue weighted by Crippen LogP contribution is -2.37. The number of anilines is 1. The number of para-hydroxylation sites is 1. The molecule has 0 saturated heterocycles. The van der Waals surface area contributed by atoms with E-state index in [1.165, 1.54) is 38.5 Å². The summed E-state index contributed by atoms with van der Waals surface area (Å²) in [5.74, 6) is 0.0814. The van der Waals surface area contributed by atoms with E-state index < -0.39 is 0 Å². The number of hydrogen-bond acceptors (Lipinski definition) is 2. The highest BCUT2D eigenvalue weighted by Crippen LogP contribution is 2.20. The van der Waals surface area contributed by atoms with Gasteiger partial charge in [0.25, 0.3) is 0 Å². The maximum absolute atomic E-state index is 12.0. The highest BCUT2D eigenvalue weighted by atomic mass is 16.2. The molecule has 0 aromatic heterocycles. The third-order valence-corrected chi connectivity index (χ3v) is 3.90. The number of carbonyl (C=O) groups is 1. The van der Waals surface area contributed by atoms with Gasteiger partial charge in [0, 0.05) is 11.7 Å². The van der Waals surface area contributed by atoms with E-state index in [0.29, 0.717) is 12.6 Å². The van der Waals surface area contributed by atoms with Gasteiger partial charge in [-0.2, -0.15) is 0 Å². The third-order valence-electron chi connectivity index (χ3n) is 3.90. The molecule has 0 unspecified atom stereocenters. The molecule has 1 fully saturated rings. The van der Waals surface area contributed by atoms with Crippen molar-refractivity contribution in [1.29, 1.82) is 0 Å². The summed E-state index contributed by atoms with van der Waals surface area (Å²) < 4.78 is 0. The standard InChI is InChI=1S/C16H24N2O/c1-18(15-11-7-2-3-8-12-15)13-16(19)17-14-9-5-4-6-10-14/h4-6,9-10,15H,2-3,7-8,11-13H2,1H3,(H,17,19). The first-order valence-corrected chi connectivity index (χ1v) is 7.31. The van der Waals surface area contributed by atoms with Crippen LogP contribution in [0.3, 0.4) is 0 Å². The molecular formula is C16H24N2O. The van der Waals surface area contributed by atoms with Crippen molar-refractivity contribution >= 4 is 11.6 Å². The van der Waals surface area contributed by atoms with E-state index in [-0.39, 0.29) is 5.91 Å². The molecule has 0 atom stereocenters. The van der Waals surface area contributed by atoms with Gasteiger partial charge in [0.05, 0.1) is 6.54 Å². The molecular weight excluding hydrogens is 236 g/mol. The van der Waals surface area contributed by atoms with Crippen molar-refractivity contribution in [3.8, 4) is 0 Å². The molecule has 3 nitrogen and oxygen atoms in total. The summed E-state index contributed by atoms with van der Waals surface area (Å²) in [7, 11) is 2.07. The van der Waals surface area contributed by atoms with Crippen LogP contribution >= 0.6 is 0 Å². The predicted molar refractivity (Wildman–Crippen MR) is 79.2 cm³/mol. The second-order valence-corrected chi connectivity index (χ2v) is 5.47. The zero-order valence-corrected chi connectivity index (χ0v) is 11.8. The average molecular weight is 260 g/mol. The van der Waals surface area contributed by atoms with Crippen molar-refractivity contribution < 1.29 is 4.79 Å². The quantitative estimate of drug-likeness (QED) is 0.843. The van der Waals surface area contributed by atoms with Crippen LogP contribution in [-0.2, 0) is 4.79 Å². The second kappa shape index (κ2) is 7.29. The smallest absolute Gasteiger partial charge is 0.238 e. The lowest BCUT2D eigenvalue weighted by atomic mass is 10.1. The van der Waals surface area contributed by atoms with E-state index in [9.17, 15) is 4.79 Å². The van der Waals surface area contributed by atoms with Crippen molar-refractivity contribution in [3.05, 3.63) is 30.3 Å². The first-order chi connectivity index (χ1) is 9.25. The Labute approximate surface area is 116 Å². The Morgan fingerprint density at radius 2 is 1.79 bits per heavy atom. The van der Waals surface area contributed by atoms with Gasteiger partial charge in [-0.3, -0.25) is 9.69 Å². The number of rotatable bonds is 4. The third kappa shape index (κ3) is 4.67. The molecule has 0 heterocycles. The van der Waals surface area contributed by atoms with Crippen molar-refractivity contribution in [1.82, 2.24) is 4.90 Å².